The number of ether oxygens (including phenoxy) is 1. The van der Waals surface area contributed by atoms with E-state index in [2.05, 4.69) is 85.0 Å². The van der Waals surface area contributed by atoms with Gasteiger partial charge >= 0.3 is 0 Å². The lowest BCUT2D eigenvalue weighted by atomic mass is 9.91. The van der Waals surface area contributed by atoms with E-state index in [4.69, 9.17) is 4.74 Å². The van der Waals surface area contributed by atoms with Crippen molar-refractivity contribution in [3.05, 3.63) is 88.2 Å². The van der Waals surface area contributed by atoms with Gasteiger partial charge in [0.15, 0.2) is 0 Å². The first kappa shape index (κ1) is 19.8. The van der Waals surface area contributed by atoms with Gasteiger partial charge in [0.25, 0.3) is 0 Å². The number of nitrogens with zero attached hydrogens (tertiary/aromatic N) is 2. The average Bonchev–Trinajstić information content (AvgIpc) is 3.07. The zero-order chi connectivity index (χ0) is 20.4. The van der Waals surface area contributed by atoms with E-state index in [9.17, 15) is 0 Å². The van der Waals surface area contributed by atoms with Crippen LogP contribution in [0.3, 0.4) is 0 Å². The minimum atomic E-state index is 0.277. The van der Waals surface area contributed by atoms with Crippen LogP contribution in [0.25, 0.3) is 0 Å². The topological polar surface area (TPSA) is 17.4 Å². The summed E-state index contributed by atoms with van der Waals surface area (Å²) in [4.78, 5) is 2.65. The fourth-order valence-electron chi connectivity index (χ4n) is 4.86. The number of fused-ring (bicyclic) bond motifs is 1. The van der Waals surface area contributed by atoms with Gasteiger partial charge in [-0.2, -0.15) is 0 Å². The van der Waals surface area contributed by atoms with E-state index in [-0.39, 0.29) is 6.04 Å². The second-order valence-electron chi connectivity index (χ2n) is 8.24. The monoisotopic (exact) mass is 388 g/mol. The second-order valence-corrected chi connectivity index (χ2v) is 8.24. The van der Waals surface area contributed by atoms with Gasteiger partial charge in [-0.25, -0.2) is 0 Å². The van der Waals surface area contributed by atoms with Crippen LogP contribution in [0.5, 0.6) is 5.75 Å². The van der Waals surface area contributed by atoms with Crippen LogP contribution in [0.2, 0.25) is 0 Å². The van der Waals surface area contributed by atoms with Crippen molar-refractivity contribution in [2.24, 2.45) is 0 Å². The molecule has 0 amide bonds. The van der Waals surface area contributed by atoms with Gasteiger partial charge in [-0.1, -0.05) is 29.8 Å². The molecular formula is C26H32N2O. The normalized spacial score (nSPS) is 17.0. The first-order chi connectivity index (χ1) is 14.1. The standard InChI is InChI=1S/C26H32N2O/c1-5-29-23-11-9-22(10-12-23)18-28-15-7-14-27-13-6-8-24(27)26(28)25-20(3)16-19(2)17-21(25)4/h6,8-13,16-17,26H,5,7,14-15,18H2,1-4H3. The van der Waals surface area contributed by atoms with Crippen LogP contribution in [-0.2, 0) is 13.1 Å². The van der Waals surface area contributed by atoms with Gasteiger partial charge in [0.1, 0.15) is 5.75 Å². The molecule has 0 fully saturated rings. The van der Waals surface area contributed by atoms with Crippen molar-refractivity contribution in [2.45, 2.75) is 53.2 Å². The van der Waals surface area contributed by atoms with Gasteiger partial charge in [0.2, 0.25) is 0 Å². The fraction of sp³-hybridized carbons (Fsp3) is 0.385. The zero-order valence-electron chi connectivity index (χ0n) is 18.1. The van der Waals surface area contributed by atoms with Crippen LogP contribution < -0.4 is 4.74 Å². The molecule has 1 atom stereocenters. The van der Waals surface area contributed by atoms with Crippen molar-refractivity contribution in [3.63, 3.8) is 0 Å². The molecule has 0 bridgehead atoms. The molecule has 0 saturated carbocycles. The number of rotatable bonds is 5. The summed E-state index contributed by atoms with van der Waals surface area (Å²) in [5, 5.41) is 0. The summed E-state index contributed by atoms with van der Waals surface area (Å²) in [6.45, 7) is 12.6. The number of hydrogen-bond donors (Lipinski definition) is 0. The SMILES string of the molecule is CCOc1ccc(CN2CCCn3cccc3C2c2c(C)cc(C)cc2C)cc1. The Kier molecular flexibility index (Phi) is 5.77. The summed E-state index contributed by atoms with van der Waals surface area (Å²) in [6.07, 6.45) is 3.40. The largest absolute Gasteiger partial charge is 0.494 e. The first-order valence-corrected chi connectivity index (χ1v) is 10.8. The Bertz CT molecular complexity index is 948. The van der Waals surface area contributed by atoms with Gasteiger partial charge in [0, 0.05) is 31.5 Å². The first-order valence-electron chi connectivity index (χ1n) is 10.8. The van der Waals surface area contributed by atoms with Crippen molar-refractivity contribution >= 4 is 0 Å². The summed E-state index contributed by atoms with van der Waals surface area (Å²) in [5.41, 5.74) is 8.32. The number of aromatic nitrogens is 1. The van der Waals surface area contributed by atoms with E-state index < -0.39 is 0 Å². The van der Waals surface area contributed by atoms with E-state index in [1.807, 2.05) is 6.92 Å². The van der Waals surface area contributed by atoms with E-state index >= 15 is 0 Å². The minimum Gasteiger partial charge on any atom is -0.494 e. The van der Waals surface area contributed by atoms with Crippen molar-refractivity contribution in [3.8, 4) is 5.75 Å². The molecule has 1 aliphatic heterocycles. The summed E-state index contributed by atoms with van der Waals surface area (Å²) in [5.74, 6) is 0.947. The van der Waals surface area contributed by atoms with E-state index in [0.29, 0.717) is 6.61 Å². The Hall–Kier alpha value is -2.52. The van der Waals surface area contributed by atoms with Crippen LogP contribution in [0.4, 0.5) is 0 Å². The number of benzene rings is 2. The molecule has 3 heteroatoms. The molecular weight excluding hydrogens is 356 g/mol. The molecule has 4 rings (SSSR count). The molecule has 152 valence electrons. The highest BCUT2D eigenvalue weighted by Crippen LogP contribution is 2.37. The maximum absolute atomic E-state index is 5.62. The number of hydrogen-bond acceptors (Lipinski definition) is 2. The van der Waals surface area contributed by atoms with E-state index in [1.54, 1.807) is 0 Å². The van der Waals surface area contributed by atoms with Crippen molar-refractivity contribution in [2.75, 3.05) is 13.2 Å². The quantitative estimate of drug-likeness (QED) is 0.549. The smallest absolute Gasteiger partial charge is 0.119 e. The summed E-state index contributed by atoms with van der Waals surface area (Å²) in [7, 11) is 0. The van der Waals surface area contributed by atoms with Crippen LogP contribution in [-0.4, -0.2) is 22.6 Å². The summed E-state index contributed by atoms with van der Waals surface area (Å²) < 4.78 is 8.07. The van der Waals surface area contributed by atoms with Crippen molar-refractivity contribution in [1.82, 2.24) is 9.47 Å². The third kappa shape index (κ3) is 4.11. The lowest BCUT2D eigenvalue weighted by Crippen LogP contribution is -2.30. The van der Waals surface area contributed by atoms with Crippen molar-refractivity contribution < 1.29 is 4.74 Å². The van der Waals surface area contributed by atoms with E-state index in [1.165, 1.54) is 39.9 Å². The molecule has 0 aliphatic carbocycles. The van der Waals surface area contributed by atoms with Crippen LogP contribution in [0.15, 0.2) is 54.7 Å². The highest BCUT2D eigenvalue weighted by molar-refractivity contribution is 5.43. The third-order valence-corrected chi connectivity index (χ3v) is 5.99. The molecule has 0 radical (unpaired) electrons. The molecule has 3 aromatic rings. The minimum absolute atomic E-state index is 0.277. The molecule has 0 N–H and O–H groups in total. The highest BCUT2D eigenvalue weighted by atomic mass is 16.5. The van der Waals surface area contributed by atoms with Crippen molar-refractivity contribution in [1.29, 1.82) is 0 Å². The molecule has 0 spiro atoms. The fourth-order valence-corrected chi connectivity index (χ4v) is 4.86. The molecule has 1 unspecified atom stereocenters. The maximum Gasteiger partial charge on any atom is 0.119 e. The summed E-state index contributed by atoms with van der Waals surface area (Å²) in [6, 6.07) is 18.0. The average molecular weight is 389 g/mol. The Balaban J connectivity index is 1.73. The predicted octanol–water partition coefficient (Wildman–Crippen LogP) is 5.81. The molecule has 3 nitrogen and oxygen atoms in total. The molecule has 2 heterocycles. The zero-order valence-corrected chi connectivity index (χ0v) is 18.1. The Morgan fingerprint density at radius 1 is 0.966 bits per heavy atom. The van der Waals surface area contributed by atoms with E-state index in [0.717, 1.165) is 25.4 Å². The Morgan fingerprint density at radius 2 is 1.69 bits per heavy atom. The third-order valence-electron chi connectivity index (χ3n) is 5.99. The summed E-state index contributed by atoms with van der Waals surface area (Å²) >= 11 is 0. The molecule has 1 aliphatic rings. The Morgan fingerprint density at radius 3 is 2.38 bits per heavy atom. The van der Waals surface area contributed by atoms with Gasteiger partial charge in [-0.3, -0.25) is 4.90 Å². The number of aryl methyl sites for hydroxylation is 4. The van der Waals surface area contributed by atoms with Crippen LogP contribution in [0.1, 0.15) is 52.9 Å². The predicted molar refractivity (Wildman–Crippen MR) is 120 cm³/mol. The molecule has 0 saturated heterocycles. The molecule has 1 aromatic heterocycles. The van der Waals surface area contributed by atoms with Gasteiger partial charge < -0.3 is 9.30 Å². The van der Waals surface area contributed by atoms with Gasteiger partial charge in [-0.15, -0.1) is 0 Å². The second kappa shape index (κ2) is 8.46. The highest BCUT2D eigenvalue weighted by Gasteiger charge is 2.29. The Labute approximate surface area is 174 Å². The maximum atomic E-state index is 5.62. The lowest BCUT2D eigenvalue weighted by Gasteiger charge is -2.33. The molecule has 29 heavy (non-hydrogen) atoms. The van der Waals surface area contributed by atoms with Gasteiger partial charge in [-0.05, 0) is 80.6 Å². The lowest BCUT2D eigenvalue weighted by molar-refractivity contribution is 0.219. The van der Waals surface area contributed by atoms with Crippen LogP contribution >= 0.6 is 0 Å². The molecule has 2 aromatic carbocycles. The van der Waals surface area contributed by atoms with Crippen LogP contribution in [0, 0.1) is 20.8 Å². The van der Waals surface area contributed by atoms with Gasteiger partial charge in [0.05, 0.1) is 12.6 Å².